The molecule has 0 unspecified atom stereocenters. The molecule has 0 spiro atoms. The topological polar surface area (TPSA) is 25.8 Å². The number of rotatable bonds is 5. The van der Waals surface area contributed by atoms with Crippen LogP contribution >= 0.6 is 22.7 Å². The lowest BCUT2D eigenvalue weighted by Gasteiger charge is -2.33. The molecule has 12 rings (SSSR count). The van der Waals surface area contributed by atoms with Crippen LogP contribution in [0.4, 0.5) is 0 Å². The van der Waals surface area contributed by atoms with Crippen molar-refractivity contribution >= 4 is 63.0 Å². The van der Waals surface area contributed by atoms with Crippen molar-refractivity contribution in [3.63, 3.8) is 0 Å². The third-order valence-corrected chi connectivity index (χ3v) is 14.2. The number of hydrogen-bond acceptors (Lipinski definition) is 4. The molecule has 11 aromatic rings. The zero-order valence-electron chi connectivity index (χ0n) is 30.7. The largest absolute Gasteiger partial charge is 0.228 e. The predicted molar refractivity (Wildman–Crippen MR) is 241 cm³/mol. The average Bonchev–Trinajstić information content (AvgIpc) is 3.95. The summed E-state index contributed by atoms with van der Waals surface area (Å²) < 4.78 is 4.99. The lowest BCUT2D eigenvalue weighted by molar-refractivity contribution is 0.768. The minimum Gasteiger partial charge on any atom is -0.228 e. The van der Waals surface area contributed by atoms with Crippen LogP contribution in [-0.2, 0) is 5.41 Å². The lowest BCUT2D eigenvalue weighted by atomic mass is 9.67. The third-order valence-electron chi connectivity index (χ3n) is 11.8. The van der Waals surface area contributed by atoms with Crippen molar-refractivity contribution in [2.75, 3.05) is 0 Å². The number of fused-ring (bicyclic) bond motifs is 9. The van der Waals surface area contributed by atoms with Gasteiger partial charge in [0.15, 0.2) is 5.82 Å². The maximum Gasteiger partial charge on any atom is 0.161 e. The second kappa shape index (κ2) is 12.7. The molecule has 0 amide bonds. The molecular weight excluding hydrogens is 729 g/mol. The monoisotopic (exact) mass is 760 g/mol. The SMILES string of the molecule is c1ccc(C2(c3ccccc3)c3ccccc3-c3c(-c4cc(-c5cccc6c5sc5ccccc56)nc(-c5cccc6c5sc5ccccc56)n4)cccc32)cc1. The number of hydrogen-bond donors (Lipinski definition) is 0. The van der Waals surface area contributed by atoms with Gasteiger partial charge in [0.05, 0.1) is 16.8 Å². The van der Waals surface area contributed by atoms with Crippen molar-refractivity contribution in [3.8, 4) is 45.0 Å². The fourth-order valence-corrected chi connectivity index (χ4v) is 11.9. The highest BCUT2D eigenvalue weighted by atomic mass is 32.1. The van der Waals surface area contributed by atoms with Gasteiger partial charge in [0.2, 0.25) is 0 Å². The van der Waals surface area contributed by atoms with E-state index in [9.17, 15) is 0 Å². The van der Waals surface area contributed by atoms with Crippen LogP contribution in [0.3, 0.4) is 0 Å². The van der Waals surface area contributed by atoms with E-state index in [0.717, 1.165) is 33.9 Å². The Bertz CT molecular complexity index is 3190. The Morgan fingerprint density at radius 1 is 0.351 bits per heavy atom. The van der Waals surface area contributed by atoms with Gasteiger partial charge in [-0.3, -0.25) is 0 Å². The molecule has 0 saturated heterocycles. The van der Waals surface area contributed by atoms with Crippen molar-refractivity contribution in [1.29, 1.82) is 0 Å². The summed E-state index contributed by atoms with van der Waals surface area (Å²) in [4.78, 5) is 11.1. The first-order valence-corrected chi connectivity index (χ1v) is 21.0. The first-order valence-electron chi connectivity index (χ1n) is 19.3. The van der Waals surface area contributed by atoms with Crippen molar-refractivity contribution in [2.45, 2.75) is 5.41 Å². The Balaban J connectivity index is 1.18. The summed E-state index contributed by atoms with van der Waals surface area (Å²) in [7, 11) is 0. The molecular formula is C53H32N2S2. The van der Waals surface area contributed by atoms with Crippen LogP contribution in [0, 0.1) is 0 Å². The summed E-state index contributed by atoms with van der Waals surface area (Å²) in [5.41, 5.74) is 12.1. The first kappa shape index (κ1) is 32.5. The van der Waals surface area contributed by atoms with Crippen molar-refractivity contribution in [2.24, 2.45) is 0 Å². The maximum absolute atomic E-state index is 5.59. The van der Waals surface area contributed by atoms with E-state index in [1.807, 2.05) is 22.7 Å². The molecule has 0 fully saturated rings. The van der Waals surface area contributed by atoms with Crippen LogP contribution in [0.5, 0.6) is 0 Å². The van der Waals surface area contributed by atoms with E-state index in [0.29, 0.717) is 0 Å². The van der Waals surface area contributed by atoms with Crippen molar-refractivity contribution < 1.29 is 0 Å². The van der Waals surface area contributed by atoms with Gasteiger partial charge >= 0.3 is 0 Å². The van der Waals surface area contributed by atoms with Gasteiger partial charge in [-0.1, -0.05) is 170 Å². The zero-order valence-corrected chi connectivity index (χ0v) is 32.3. The van der Waals surface area contributed by atoms with E-state index < -0.39 is 5.41 Å². The molecule has 266 valence electrons. The van der Waals surface area contributed by atoms with Gasteiger partial charge in [-0.05, 0) is 57.6 Å². The van der Waals surface area contributed by atoms with Crippen LogP contribution in [0.2, 0.25) is 0 Å². The van der Waals surface area contributed by atoms with Gasteiger partial charge in [-0.25, -0.2) is 9.97 Å². The van der Waals surface area contributed by atoms with Gasteiger partial charge in [-0.2, -0.15) is 0 Å². The van der Waals surface area contributed by atoms with E-state index in [2.05, 4.69) is 194 Å². The van der Waals surface area contributed by atoms with E-state index in [4.69, 9.17) is 9.97 Å². The Kier molecular flexibility index (Phi) is 7.22. The van der Waals surface area contributed by atoms with Crippen LogP contribution < -0.4 is 0 Å². The summed E-state index contributed by atoms with van der Waals surface area (Å²) in [5.74, 6) is 0.735. The normalized spacial score (nSPS) is 13.1. The molecule has 0 bridgehead atoms. The molecule has 0 saturated carbocycles. The van der Waals surface area contributed by atoms with E-state index >= 15 is 0 Å². The van der Waals surface area contributed by atoms with Gasteiger partial charge in [-0.15, -0.1) is 22.7 Å². The molecule has 1 aliphatic carbocycles. The standard InChI is InChI=1S/C53H32N2S2/c1-3-16-33(17-4-1)53(34-18-5-2-6-19-34)43-28-10-7-22-39(43)49-40(25-15-29-44(49)53)45-32-46(41-26-13-23-37-35-20-8-11-30-47(35)56-50(37)41)55-52(54-45)42-27-14-24-38-36-21-9-12-31-48(36)57-51(38)42/h1-32H. The number of nitrogens with zero attached hydrogens (tertiary/aromatic N) is 2. The molecule has 3 heterocycles. The Labute approximate surface area is 338 Å². The highest BCUT2D eigenvalue weighted by Gasteiger charge is 2.46. The van der Waals surface area contributed by atoms with Gasteiger partial charge in [0.1, 0.15) is 0 Å². The Hall–Kier alpha value is -6.72. The van der Waals surface area contributed by atoms with E-state index in [-0.39, 0.29) is 0 Å². The predicted octanol–water partition coefficient (Wildman–Crippen LogP) is 14.6. The molecule has 57 heavy (non-hydrogen) atoms. The summed E-state index contributed by atoms with van der Waals surface area (Å²) >= 11 is 3.66. The van der Waals surface area contributed by atoms with Crippen LogP contribution in [0.1, 0.15) is 22.3 Å². The van der Waals surface area contributed by atoms with E-state index in [1.54, 1.807) is 0 Å². The van der Waals surface area contributed by atoms with Crippen molar-refractivity contribution in [3.05, 3.63) is 216 Å². The fraction of sp³-hybridized carbons (Fsp3) is 0.0189. The third kappa shape index (κ3) is 4.75. The average molecular weight is 761 g/mol. The molecule has 2 nitrogen and oxygen atoms in total. The summed E-state index contributed by atoms with van der Waals surface area (Å²) in [6.45, 7) is 0. The zero-order chi connectivity index (χ0) is 37.5. The van der Waals surface area contributed by atoms with Crippen LogP contribution in [0.25, 0.3) is 85.4 Å². The molecule has 8 aromatic carbocycles. The molecule has 0 atom stereocenters. The molecule has 0 aliphatic heterocycles. The molecule has 4 heteroatoms. The Morgan fingerprint density at radius 3 is 1.47 bits per heavy atom. The summed E-state index contributed by atoms with van der Waals surface area (Å²) in [6.07, 6.45) is 0. The molecule has 3 aromatic heterocycles. The van der Waals surface area contributed by atoms with Crippen LogP contribution in [-0.4, -0.2) is 9.97 Å². The quantitative estimate of drug-likeness (QED) is 0.175. The molecule has 0 radical (unpaired) electrons. The maximum atomic E-state index is 5.59. The summed E-state index contributed by atoms with van der Waals surface area (Å²) in [5, 5.41) is 5.03. The highest BCUT2D eigenvalue weighted by Crippen LogP contribution is 2.58. The fourth-order valence-electron chi connectivity index (χ4n) is 9.42. The smallest absolute Gasteiger partial charge is 0.161 e. The second-order valence-electron chi connectivity index (χ2n) is 14.8. The molecule has 1 aliphatic rings. The van der Waals surface area contributed by atoms with Crippen LogP contribution in [0.15, 0.2) is 194 Å². The Morgan fingerprint density at radius 2 is 0.807 bits per heavy atom. The first-order chi connectivity index (χ1) is 28.3. The number of thiophene rings is 2. The van der Waals surface area contributed by atoms with Gasteiger partial charge < -0.3 is 0 Å². The number of aromatic nitrogens is 2. The second-order valence-corrected chi connectivity index (χ2v) is 16.9. The summed E-state index contributed by atoms with van der Waals surface area (Å²) in [6, 6.07) is 70.6. The number of benzene rings is 8. The highest BCUT2D eigenvalue weighted by molar-refractivity contribution is 7.26. The minimum atomic E-state index is -0.505. The molecule has 0 N–H and O–H groups in total. The van der Waals surface area contributed by atoms with Gasteiger partial charge in [0, 0.05) is 57.0 Å². The van der Waals surface area contributed by atoms with E-state index in [1.165, 1.54) is 73.7 Å². The van der Waals surface area contributed by atoms with Gasteiger partial charge in [0.25, 0.3) is 0 Å². The van der Waals surface area contributed by atoms with Crippen molar-refractivity contribution in [1.82, 2.24) is 9.97 Å². The lowest BCUT2D eigenvalue weighted by Crippen LogP contribution is -2.28. The minimum absolute atomic E-state index is 0.505.